The quantitative estimate of drug-likeness (QED) is 0.448. The van der Waals surface area contributed by atoms with Gasteiger partial charge in [0.15, 0.2) is 0 Å². The van der Waals surface area contributed by atoms with Crippen LogP contribution in [0, 0.1) is 16.0 Å². The Bertz CT molecular complexity index is 387. The maximum absolute atomic E-state index is 10.6. The lowest BCUT2D eigenvalue weighted by Gasteiger charge is -2.31. The molecule has 7 nitrogen and oxygen atoms in total. The van der Waals surface area contributed by atoms with E-state index in [1.54, 1.807) is 6.92 Å². The van der Waals surface area contributed by atoms with E-state index in [2.05, 4.69) is 20.8 Å². The van der Waals surface area contributed by atoms with E-state index in [9.17, 15) is 14.9 Å². The minimum Gasteiger partial charge on any atom is -0.469 e. The number of hydrogen-bond acceptors (Lipinski definition) is 6. The maximum Gasteiger partial charge on any atom is 0.306 e. The SMILES string of the molecule is C1=NCCCN2CCCCC12.COC(=O)CC(C)C[N+](=O)[O-]. The van der Waals surface area contributed by atoms with Gasteiger partial charge in [-0.2, -0.15) is 0 Å². The second kappa shape index (κ2) is 10.3. The maximum atomic E-state index is 10.6. The first-order valence-electron chi connectivity index (χ1n) is 7.95. The summed E-state index contributed by atoms with van der Waals surface area (Å²) in [5, 5.41) is 9.93. The second-order valence-electron chi connectivity index (χ2n) is 5.91. The summed E-state index contributed by atoms with van der Waals surface area (Å²) < 4.78 is 4.34. The largest absolute Gasteiger partial charge is 0.469 e. The Morgan fingerprint density at radius 2 is 2.18 bits per heavy atom. The molecule has 0 bridgehead atoms. The first-order valence-corrected chi connectivity index (χ1v) is 7.95. The number of aliphatic imine (C=N–C) groups is 1. The van der Waals surface area contributed by atoms with Crippen molar-refractivity contribution < 1.29 is 14.5 Å². The average Bonchev–Trinajstić information content (AvgIpc) is 2.72. The predicted octanol–water partition coefficient (Wildman–Crippen LogP) is 1.78. The molecule has 0 spiro atoms. The molecule has 2 atom stereocenters. The third-order valence-corrected chi connectivity index (χ3v) is 3.88. The van der Waals surface area contributed by atoms with Gasteiger partial charge in [-0.25, -0.2) is 0 Å². The van der Waals surface area contributed by atoms with Crippen LogP contribution in [0.1, 0.15) is 39.0 Å². The Hall–Kier alpha value is -1.50. The molecule has 126 valence electrons. The number of methoxy groups -OCH3 is 1. The molecule has 0 amide bonds. The smallest absolute Gasteiger partial charge is 0.306 e. The molecule has 0 aromatic carbocycles. The van der Waals surface area contributed by atoms with Crippen LogP contribution in [0.3, 0.4) is 0 Å². The van der Waals surface area contributed by atoms with Crippen LogP contribution in [0.2, 0.25) is 0 Å². The van der Waals surface area contributed by atoms with Gasteiger partial charge in [0.2, 0.25) is 6.54 Å². The van der Waals surface area contributed by atoms with Crippen molar-refractivity contribution in [3.05, 3.63) is 10.1 Å². The lowest BCUT2D eigenvalue weighted by Crippen LogP contribution is -2.40. The van der Waals surface area contributed by atoms with Crippen LogP contribution in [0.15, 0.2) is 4.99 Å². The number of esters is 1. The molecule has 2 aliphatic rings. The number of carbonyl (C=O) groups excluding carboxylic acids is 1. The highest BCUT2D eigenvalue weighted by Gasteiger charge is 2.21. The first-order chi connectivity index (χ1) is 10.5. The summed E-state index contributed by atoms with van der Waals surface area (Å²) in [5.74, 6) is -0.656. The Balaban J connectivity index is 0.000000220. The third kappa shape index (κ3) is 7.49. The molecule has 1 fully saturated rings. The summed E-state index contributed by atoms with van der Waals surface area (Å²) in [5.41, 5.74) is 0. The first kappa shape index (κ1) is 18.5. The van der Waals surface area contributed by atoms with Crippen LogP contribution < -0.4 is 0 Å². The second-order valence-corrected chi connectivity index (χ2v) is 5.91. The molecule has 2 aliphatic heterocycles. The number of ether oxygens (including phenoxy) is 1. The summed E-state index contributed by atoms with van der Waals surface area (Å²) in [6.45, 7) is 5.07. The summed E-state index contributed by atoms with van der Waals surface area (Å²) in [7, 11) is 1.27. The van der Waals surface area contributed by atoms with Crippen LogP contribution in [-0.2, 0) is 9.53 Å². The minimum absolute atomic E-state index is 0.109. The van der Waals surface area contributed by atoms with Crippen LogP contribution in [0.4, 0.5) is 0 Å². The van der Waals surface area contributed by atoms with E-state index >= 15 is 0 Å². The number of fused-ring (bicyclic) bond motifs is 1. The van der Waals surface area contributed by atoms with Crippen LogP contribution in [0.25, 0.3) is 0 Å². The van der Waals surface area contributed by atoms with Gasteiger partial charge < -0.3 is 4.74 Å². The molecule has 0 saturated carbocycles. The van der Waals surface area contributed by atoms with Crippen LogP contribution >= 0.6 is 0 Å². The number of nitro groups is 1. The lowest BCUT2D eigenvalue weighted by molar-refractivity contribution is -0.487. The van der Waals surface area contributed by atoms with Crippen molar-refractivity contribution in [3.63, 3.8) is 0 Å². The van der Waals surface area contributed by atoms with Crippen molar-refractivity contribution in [2.75, 3.05) is 33.3 Å². The molecule has 22 heavy (non-hydrogen) atoms. The number of nitrogens with zero attached hydrogens (tertiary/aromatic N) is 3. The Kier molecular flexibility index (Phi) is 8.65. The van der Waals surface area contributed by atoms with Gasteiger partial charge in [-0.3, -0.25) is 24.8 Å². The lowest BCUT2D eigenvalue weighted by atomic mass is 10.0. The highest BCUT2D eigenvalue weighted by atomic mass is 16.6. The number of rotatable bonds is 4. The van der Waals surface area contributed by atoms with Gasteiger partial charge in [-0.1, -0.05) is 13.3 Å². The number of piperidine rings is 1. The van der Waals surface area contributed by atoms with Gasteiger partial charge in [0, 0.05) is 36.2 Å². The zero-order valence-electron chi connectivity index (χ0n) is 13.6. The fourth-order valence-corrected chi connectivity index (χ4v) is 2.71. The van der Waals surface area contributed by atoms with Gasteiger partial charge >= 0.3 is 5.97 Å². The molecule has 2 heterocycles. The monoisotopic (exact) mass is 313 g/mol. The summed E-state index contributed by atoms with van der Waals surface area (Å²) >= 11 is 0. The highest BCUT2D eigenvalue weighted by Crippen LogP contribution is 2.17. The van der Waals surface area contributed by atoms with Gasteiger partial charge in [-0.05, 0) is 25.8 Å². The molecule has 0 radical (unpaired) electrons. The minimum atomic E-state index is -0.437. The fourth-order valence-electron chi connectivity index (χ4n) is 2.71. The zero-order chi connectivity index (χ0) is 16.4. The van der Waals surface area contributed by atoms with E-state index in [4.69, 9.17) is 0 Å². The number of hydrogen-bond donors (Lipinski definition) is 0. The van der Waals surface area contributed by atoms with Gasteiger partial charge in [0.05, 0.1) is 13.5 Å². The molecular formula is C15H27N3O4. The molecular weight excluding hydrogens is 286 g/mol. The number of carbonyl (C=O) groups is 1. The topological polar surface area (TPSA) is 85.0 Å². The Morgan fingerprint density at radius 3 is 2.86 bits per heavy atom. The Morgan fingerprint density at radius 1 is 1.45 bits per heavy atom. The van der Waals surface area contributed by atoms with Crippen molar-refractivity contribution in [1.29, 1.82) is 0 Å². The van der Waals surface area contributed by atoms with Crippen molar-refractivity contribution in [2.24, 2.45) is 10.9 Å². The zero-order valence-corrected chi connectivity index (χ0v) is 13.6. The van der Waals surface area contributed by atoms with Crippen molar-refractivity contribution >= 4 is 12.2 Å². The average molecular weight is 313 g/mol. The predicted molar refractivity (Wildman–Crippen MR) is 84.8 cm³/mol. The highest BCUT2D eigenvalue weighted by molar-refractivity contribution is 5.69. The molecule has 0 aromatic rings. The van der Waals surface area contributed by atoms with Crippen molar-refractivity contribution in [1.82, 2.24) is 4.90 Å². The molecule has 1 saturated heterocycles. The van der Waals surface area contributed by atoms with Crippen LogP contribution in [0.5, 0.6) is 0 Å². The molecule has 0 aromatic heterocycles. The van der Waals surface area contributed by atoms with Gasteiger partial charge in [0.25, 0.3) is 0 Å². The fraction of sp³-hybridized carbons (Fsp3) is 0.867. The van der Waals surface area contributed by atoms with E-state index in [0.717, 1.165) is 6.54 Å². The van der Waals surface area contributed by atoms with Crippen molar-refractivity contribution in [3.8, 4) is 0 Å². The third-order valence-electron chi connectivity index (χ3n) is 3.88. The Labute approximate surface area is 131 Å². The van der Waals surface area contributed by atoms with E-state index in [0.29, 0.717) is 6.04 Å². The molecule has 7 heteroatoms. The van der Waals surface area contributed by atoms with Gasteiger partial charge in [0.1, 0.15) is 0 Å². The van der Waals surface area contributed by atoms with Gasteiger partial charge in [-0.15, -0.1) is 0 Å². The normalized spacial score (nSPS) is 22.5. The van der Waals surface area contributed by atoms with E-state index in [1.807, 2.05) is 0 Å². The standard InChI is InChI=1S/C9H16N2.C6H11NO4/c1-2-6-11-7-3-5-10-8-9(11)4-1;1-5(4-7(9)10)3-6(8)11-2/h8-9H,1-7H2;5H,3-4H2,1-2H3. The summed E-state index contributed by atoms with van der Waals surface area (Å²) in [6.07, 6.45) is 7.66. The van der Waals surface area contributed by atoms with E-state index in [1.165, 1.54) is 45.9 Å². The molecule has 2 rings (SSSR count). The summed E-state index contributed by atoms with van der Waals surface area (Å²) in [4.78, 5) is 27.0. The summed E-state index contributed by atoms with van der Waals surface area (Å²) in [6, 6.07) is 0.686. The van der Waals surface area contributed by atoms with E-state index < -0.39 is 10.9 Å². The van der Waals surface area contributed by atoms with E-state index in [-0.39, 0.29) is 18.9 Å². The molecule has 0 aliphatic carbocycles. The molecule has 0 N–H and O–H groups in total. The molecule has 2 unspecified atom stereocenters. The van der Waals surface area contributed by atoms with Crippen molar-refractivity contribution in [2.45, 2.75) is 45.1 Å². The van der Waals surface area contributed by atoms with Crippen LogP contribution in [-0.4, -0.2) is 61.3 Å².